The lowest BCUT2D eigenvalue weighted by atomic mass is 10.0. The molecule has 6 amide bonds. The number of carbonyl (C=O) groups is 8. The molecular formula is C61H78N10O18S4. The molecule has 2 aromatic heterocycles. The molecule has 504 valence electrons. The molecule has 0 saturated carbocycles. The summed E-state index contributed by atoms with van der Waals surface area (Å²) in [5, 5.41) is 5.53. The molecular weight excluding hydrogens is 1290 g/mol. The van der Waals surface area contributed by atoms with Gasteiger partial charge in [-0.15, -0.1) is 23.5 Å². The average Bonchev–Trinajstić information content (AvgIpc) is 1.45. The molecule has 0 radical (unpaired) electrons. The number of sulfonamides is 2. The summed E-state index contributed by atoms with van der Waals surface area (Å²) in [7, 11) is -8.30. The smallest absolute Gasteiger partial charge is 0.415 e. The molecule has 0 bridgehead atoms. The van der Waals surface area contributed by atoms with E-state index in [-0.39, 0.29) is 98.2 Å². The normalized spacial score (nSPS) is 19.3. The van der Waals surface area contributed by atoms with Gasteiger partial charge >= 0.3 is 36.3 Å². The Balaban J connectivity index is 0.750. The van der Waals surface area contributed by atoms with E-state index in [4.69, 9.17) is 28.4 Å². The number of amides is 6. The lowest BCUT2D eigenvalue weighted by Crippen LogP contribution is -2.57. The third kappa shape index (κ3) is 18.3. The number of hydrogen-bond donors (Lipinski definition) is 2. The molecule has 6 heterocycles. The van der Waals surface area contributed by atoms with Crippen molar-refractivity contribution >= 4 is 91.7 Å². The van der Waals surface area contributed by atoms with E-state index in [0.717, 1.165) is 8.61 Å². The van der Waals surface area contributed by atoms with Crippen LogP contribution in [0.4, 0.5) is 19.2 Å². The maximum atomic E-state index is 14.1. The van der Waals surface area contributed by atoms with Gasteiger partial charge in [0.2, 0.25) is 38.7 Å². The summed E-state index contributed by atoms with van der Waals surface area (Å²) in [6, 6.07) is 13.4. The van der Waals surface area contributed by atoms with Crippen LogP contribution in [0.25, 0.3) is 0 Å². The van der Waals surface area contributed by atoms with Crippen molar-refractivity contribution in [2.75, 3.05) is 70.9 Å². The number of aromatic nitrogens is 2. The van der Waals surface area contributed by atoms with Crippen LogP contribution in [0.1, 0.15) is 80.4 Å². The van der Waals surface area contributed by atoms with E-state index in [2.05, 4.69) is 20.6 Å². The average molecular weight is 1370 g/mol. The number of nitrogens with one attached hydrogen (secondary N) is 2. The number of nitrogens with zero attached hydrogens (tertiary/aromatic N) is 8. The van der Waals surface area contributed by atoms with Gasteiger partial charge in [0.15, 0.2) is 0 Å². The van der Waals surface area contributed by atoms with Crippen molar-refractivity contribution in [3.63, 3.8) is 0 Å². The maximum absolute atomic E-state index is 14.1. The van der Waals surface area contributed by atoms with Crippen LogP contribution >= 0.6 is 23.5 Å². The van der Waals surface area contributed by atoms with Crippen molar-refractivity contribution in [2.24, 2.45) is 0 Å². The second-order valence-corrected chi connectivity index (χ2v) is 32.2. The molecule has 4 aromatic rings. The van der Waals surface area contributed by atoms with Crippen molar-refractivity contribution in [1.29, 1.82) is 0 Å². The highest BCUT2D eigenvalue weighted by Gasteiger charge is 2.53. The Morgan fingerprint density at radius 1 is 0.516 bits per heavy atom. The molecule has 8 rings (SSSR count). The van der Waals surface area contributed by atoms with E-state index < -0.39 is 120 Å². The van der Waals surface area contributed by atoms with E-state index in [1.54, 1.807) is 93.5 Å². The van der Waals surface area contributed by atoms with E-state index in [0.29, 0.717) is 11.1 Å². The Labute approximate surface area is 549 Å². The molecule has 0 aliphatic carbocycles. The Bertz CT molecular complexity index is 3360. The van der Waals surface area contributed by atoms with Crippen molar-refractivity contribution in [1.82, 2.24) is 48.8 Å². The number of ether oxygens (including phenoxy) is 6. The topological polar surface area (TPSA) is 329 Å². The number of thioether (sulfide) groups is 2. The predicted molar refractivity (Wildman–Crippen MR) is 339 cm³/mol. The van der Waals surface area contributed by atoms with Gasteiger partial charge in [-0.25, -0.2) is 45.6 Å². The highest BCUT2D eigenvalue weighted by Crippen LogP contribution is 2.44. The maximum Gasteiger partial charge on any atom is 0.415 e. The van der Waals surface area contributed by atoms with E-state index in [1.807, 2.05) is 0 Å². The SMILES string of the molecule is CC(C)(C)OC(=O)[C@H](Cc1ccc(OC(=O)N2CCN(C(=O)OCOC(=O)N3CCN(C(=O)Oc4ccc(C[C@H](NC(=O)[C@H]5N(S(=O)(=O)c6cccnc6)CSC5(C)C)C(=O)OC(C)(C)C)cc4)CC3)CC2)cc1)NC(=O)[C@H]1N(S(=O)(=O)c2cccnc2)CSC1(C)C. The number of carbonyl (C=O) groups excluding carboxylic acids is 8. The number of pyridine rings is 2. The summed E-state index contributed by atoms with van der Waals surface area (Å²) in [6.45, 7) is 17.0. The largest absolute Gasteiger partial charge is 0.458 e. The molecule has 4 aliphatic rings. The Kier molecular flexibility index (Phi) is 22.4. The zero-order valence-electron chi connectivity index (χ0n) is 53.3. The van der Waals surface area contributed by atoms with Gasteiger partial charge in [0, 0.05) is 99.5 Å². The summed E-state index contributed by atoms with van der Waals surface area (Å²) in [5.74, 6) is -2.53. The number of piperazine rings is 2. The van der Waals surface area contributed by atoms with Gasteiger partial charge in [0.1, 0.15) is 56.7 Å². The van der Waals surface area contributed by atoms with E-state index in [9.17, 15) is 55.2 Å². The van der Waals surface area contributed by atoms with E-state index >= 15 is 0 Å². The summed E-state index contributed by atoms with van der Waals surface area (Å²) in [5.41, 5.74) is -0.719. The summed E-state index contributed by atoms with van der Waals surface area (Å²) < 4.78 is 88.4. The first-order valence-electron chi connectivity index (χ1n) is 29.7. The first kappa shape index (κ1) is 71.1. The minimum absolute atomic E-state index is 0.00691. The number of hydrogen-bond acceptors (Lipinski definition) is 22. The molecule has 93 heavy (non-hydrogen) atoms. The summed E-state index contributed by atoms with van der Waals surface area (Å²) in [6.07, 6.45) is 2.24. The van der Waals surface area contributed by atoms with Gasteiger partial charge in [-0.3, -0.25) is 19.6 Å². The lowest BCUT2D eigenvalue weighted by molar-refractivity contribution is -0.159. The molecule has 4 aliphatic heterocycles. The molecule has 0 spiro atoms. The van der Waals surface area contributed by atoms with Crippen LogP contribution in [0.3, 0.4) is 0 Å². The third-order valence-electron chi connectivity index (χ3n) is 15.1. The van der Waals surface area contributed by atoms with Gasteiger partial charge in [-0.05, 0) is 129 Å². The minimum Gasteiger partial charge on any atom is -0.458 e. The molecule has 2 N–H and O–H groups in total. The second kappa shape index (κ2) is 29.2. The third-order valence-corrected chi connectivity index (χ3v) is 21.8. The molecule has 28 nitrogen and oxygen atoms in total. The predicted octanol–water partition coefficient (Wildman–Crippen LogP) is 5.46. The van der Waals surface area contributed by atoms with Gasteiger partial charge in [-0.2, -0.15) is 8.61 Å². The van der Waals surface area contributed by atoms with Crippen LogP contribution in [-0.4, -0.2) is 219 Å². The Morgan fingerprint density at radius 2 is 0.839 bits per heavy atom. The standard InChI is InChI=1S/C61H78N10O18S4/c1-58(2,3)88-52(74)46(64-50(72)48-60(7,8)90-37-70(48)92(80,81)44-13-11-23-62-35-44)33-40-15-19-42(20-16-40)86-56(78)68-29-25-66(26-30-68)54(76)84-39-85-55(77)67-27-31-69(32-28-67)57(79)87-43-21-17-41(18-22-43)34-47(53(75)89-59(4,5)6)65-51(73)49-61(9,10)91-38-71(49)93(82,83)45-14-12-24-63-36-45/h11-24,35-36,46-49H,25-34,37-39H2,1-10H3,(H,64,72)(H,65,73)/t46-,47-,48+,49+/m0/s1. The lowest BCUT2D eigenvalue weighted by Gasteiger charge is -2.34. The van der Waals surface area contributed by atoms with Gasteiger partial charge in [0.25, 0.3) is 0 Å². The van der Waals surface area contributed by atoms with Crippen LogP contribution in [0.15, 0.2) is 107 Å². The molecule has 0 unspecified atom stereocenters. The Morgan fingerprint density at radius 3 is 1.14 bits per heavy atom. The van der Waals surface area contributed by atoms with Crippen molar-refractivity contribution in [2.45, 2.75) is 137 Å². The monoisotopic (exact) mass is 1370 g/mol. The fourth-order valence-electron chi connectivity index (χ4n) is 10.3. The quantitative estimate of drug-likeness (QED) is 0.0709. The summed E-state index contributed by atoms with van der Waals surface area (Å²) in [4.78, 5) is 121. The van der Waals surface area contributed by atoms with Gasteiger partial charge < -0.3 is 58.7 Å². The second-order valence-electron chi connectivity index (χ2n) is 25.2. The zero-order chi connectivity index (χ0) is 67.8. The minimum atomic E-state index is -4.15. The van der Waals surface area contributed by atoms with Crippen molar-refractivity contribution in [3.05, 3.63) is 109 Å². The van der Waals surface area contributed by atoms with Crippen molar-refractivity contribution in [3.8, 4) is 11.5 Å². The van der Waals surface area contributed by atoms with E-state index in [1.165, 1.54) is 116 Å². The highest BCUT2D eigenvalue weighted by molar-refractivity contribution is 8.02. The number of esters is 2. The molecule has 4 saturated heterocycles. The van der Waals surface area contributed by atoms with Gasteiger partial charge in [-0.1, -0.05) is 24.3 Å². The molecule has 2 aromatic carbocycles. The van der Waals surface area contributed by atoms with Crippen LogP contribution in [0.2, 0.25) is 0 Å². The fourth-order valence-corrected chi connectivity index (χ4v) is 16.6. The first-order valence-corrected chi connectivity index (χ1v) is 34.6. The first-order chi connectivity index (χ1) is 43.6. The van der Waals surface area contributed by atoms with Crippen LogP contribution < -0.4 is 20.1 Å². The van der Waals surface area contributed by atoms with Crippen LogP contribution in [0, 0.1) is 0 Å². The van der Waals surface area contributed by atoms with Crippen LogP contribution in [-0.2, 0) is 71.0 Å². The van der Waals surface area contributed by atoms with Gasteiger partial charge in [0.05, 0.1) is 11.8 Å². The number of rotatable bonds is 18. The van der Waals surface area contributed by atoms with Crippen LogP contribution in [0.5, 0.6) is 11.5 Å². The summed E-state index contributed by atoms with van der Waals surface area (Å²) >= 11 is 2.56. The fraction of sp³-hybridized carbons (Fsp3) is 0.508. The zero-order valence-corrected chi connectivity index (χ0v) is 56.6. The Hall–Kier alpha value is -7.78. The van der Waals surface area contributed by atoms with Crippen molar-refractivity contribution < 1.29 is 83.6 Å². The molecule has 4 fully saturated rings. The highest BCUT2D eigenvalue weighted by atomic mass is 32.2. The molecule has 4 atom stereocenters. The number of benzene rings is 2. The molecule has 32 heteroatoms.